The molecular formula is C21H22N8O. The fourth-order valence-corrected chi connectivity index (χ4v) is 5.06. The fourth-order valence-electron chi connectivity index (χ4n) is 5.06. The van der Waals surface area contributed by atoms with E-state index >= 15 is 0 Å². The van der Waals surface area contributed by atoms with Gasteiger partial charge in [-0.15, -0.1) is 10.2 Å². The van der Waals surface area contributed by atoms with Crippen LogP contribution >= 0.6 is 0 Å². The Labute approximate surface area is 172 Å². The summed E-state index contributed by atoms with van der Waals surface area (Å²) in [7, 11) is 0. The maximum atomic E-state index is 11.6. The molecule has 0 spiro atoms. The van der Waals surface area contributed by atoms with E-state index < -0.39 is 0 Å². The number of hydrogen-bond donors (Lipinski definition) is 2. The van der Waals surface area contributed by atoms with Gasteiger partial charge in [0.15, 0.2) is 5.65 Å². The number of H-pyrrole nitrogens is 1. The van der Waals surface area contributed by atoms with Crippen molar-refractivity contribution < 1.29 is 4.79 Å². The molecule has 30 heavy (non-hydrogen) atoms. The first kappa shape index (κ1) is 17.4. The van der Waals surface area contributed by atoms with Crippen molar-refractivity contribution in [3.05, 3.63) is 37.1 Å². The van der Waals surface area contributed by atoms with Gasteiger partial charge in [0.2, 0.25) is 11.9 Å². The van der Waals surface area contributed by atoms with Crippen molar-refractivity contribution >= 4 is 28.5 Å². The summed E-state index contributed by atoms with van der Waals surface area (Å²) >= 11 is 0. The Kier molecular flexibility index (Phi) is 3.77. The SMILES string of the molecule is CC(=O)N1C[C@H]2C[C@H](Nc3ncc4c(-c5ccc6nncn6c5)c[nH]c4n3)C[C@H]2C1. The molecule has 4 aromatic heterocycles. The van der Waals surface area contributed by atoms with Gasteiger partial charge in [0.05, 0.1) is 0 Å². The third-order valence-corrected chi connectivity index (χ3v) is 6.56. The van der Waals surface area contributed by atoms with Crippen LogP contribution in [0.4, 0.5) is 5.95 Å². The highest BCUT2D eigenvalue weighted by Gasteiger charge is 2.41. The third-order valence-electron chi connectivity index (χ3n) is 6.56. The van der Waals surface area contributed by atoms with Crippen LogP contribution in [0.5, 0.6) is 0 Å². The van der Waals surface area contributed by atoms with Crippen molar-refractivity contribution in [2.45, 2.75) is 25.8 Å². The number of anilines is 1. The lowest BCUT2D eigenvalue weighted by Gasteiger charge is -2.18. The number of nitrogens with one attached hydrogen (secondary N) is 2. The van der Waals surface area contributed by atoms with E-state index in [1.807, 2.05) is 40.0 Å². The monoisotopic (exact) mass is 402 g/mol. The number of fused-ring (bicyclic) bond motifs is 3. The predicted molar refractivity (Wildman–Crippen MR) is 112 cm³/mol. The van der Waals surface area contributed by atoms with E-state index in [-0.39, 0.29) is 5.91 Å². The molecule has 4 aromatic rings. The maximum absolute atomic E-state index is 11.6. The van der Waals surface area contributed by atoms with Crippen LogP contribution in [0.3, 0.4) is 0 Å². The summed E-state index contributed by atoms with van der Waals surface area (Å²) in [5.41, 5.74) is 3.73. The van der Waals surface area contributed by atoms with Crippen LogP contribution in [0.15, 0.2) is 37.1 Å². The van der Waals surface area contributed by atoms with E-state index in [9.17, 15) is 4.79 Å². The van der Waals surface area contributed by atoms with Gasteiger partial charge in [-0.25, -0.2) is 4.98 Å². The highest BCUT2D eigenvalue weighted by Crippen LogP contribution is 2.39. The van der Waals surface area contributed by atoms with E-state index in [4.69, 9.17) is 4.98 Å². The van der Waals surface area contributed by atoms with Crippen LogP contribution in [-0.2, 0) is 4.79 Å². The second-order valence-electron chi connectivity index (χ2n) is 8.43. The molecule has 5 heterocycles. The number of amides is 1. The zero-order valence-electron chi connectivity index (χ0n) is 16.6. The number of aromatic nitrogens is 6. The summed E-state index contributed by atoms with van der Waals surface area (Å²) in [5.74, 6) is 2.01. The highest BCUT2D eigenvalue weighted by atomic mass is 16.2. The summed E-state index contributed by atoms with van der Waals surface area (Å²) < 4.78 is 1.90. The predicted octanol–water partition coefficient (Wildman–Crippen LogP) is 2.34. The minimum atomic E-state index is 0.189. The number of aromatic amines is 1. The molecule has 2 fully saturated rings. The van der Waals surface area contributed by atoms with Gasteiger partial charge in [0, 0.05) is 61.2 Å². The summed E-state index contributed by atoms with van der Waals surface area (Å²) in [5, 5.41) is 12.5. The van der Waals surface area contributed by atoms with Crippen molar-refractivity contribution in [2.75, 3.05) is 18.4 Å². The van der Waals surface area contributed by atoms with E-state index in [0.717, 1.165) is 53.7 Å². The van der Waals surface area contributed by atoms with E-state index in [2.05, 4.69) is 25.5 Å². The number of pyridine rings is 1. The molecule has 1 saturated carbocycles. The van der Waals surface area contributed by atoms with Crippen LogP contribution in [0.25, 0.3) is 27.8 Å². The van der Waals surface area contributed by atoms with E-state index in [1.165, 1.54) is 0 Å². The first-order chi connectivity index (χ1) is 14.6. The summed E-state index contributed by atoms with van der Waals surface area (Å²) in [6, 6.07) is 4.33. The Morgan fingerprint density at radius 1 is 1.23 bits per heavy atom. The van der Waals surface area contributed by atoms with Gasteiger partial charge in [0.1, 0.15) is 12.0 Å². The lowest BCUT2D eigenvalue weighted by Crippen LogP contribution is -2.29. The van der Waals surface area contributed by atoms with Crippen molar-refractivity contribution in [1.29, 1.82) is 0 Å². The maximum Gasteiger partial charge on any atom is 0.224 e. The van der Waals surface area contributed by atoms with Gasteiger partial charge >= 0.3 is 0 Å². The molecule has 9 nitrogen and oxygen atoms in total. The van der Waals surface area contributed by atoms with Gasteiger partial charge < -0.3 is 15.2 Å². The van der Waals surface area contributed by atoms with Crippen molar-refractivity contribution in [3.63, 3.8) is 0 Å². The first-order valence-corrected chi connectivity index (χ1v) is 10.3. The quantitative estimate of drug-likeness (QED) is 0.545. The second-order valence-corrected chi connectivity index (χ2v) is 8.43. The number of carbonyl (C=O) groups is 1. The van der Waals surface area contributed by atoms with Gasteiger partial charge in [-0.1, -0.05) is 0 Å². The number of carbonyl (C=O) groups excluding carboxylic acids is 1. The smallest absolute Gasteiger partial charge is 0.224 e. The number of nitrogens with zero attached hydrogens (tertiary/aromatic N) is 6. The van der Waals surface area contributed by atoms with Gasteiger partial charge in [-0.3, -0.25) is 9.20 Å². The normalized spacial score (nSPS) is 23.4. The Morgan fingerprint density at radius 3 is 2.87 bits per heavy atom. The zero-order chi connectivity index (χ0) is 20.2. The lowest BCUT2D eigenvalue weighted by atomic mass is 10.0. The topological polar surface area (TPSA) is 104 Å². The standard InChI is InChI=1S/C21H22N8O/c1-12(30)28-9-14-4-16(5-15(14)10-28)25-21-23-7-18-17(6-22-20(18)26-21)13-2-3-19-27-24-11-29(19)8-13/h2-3,6-8,11,14-16H,4-5,9-10H2,1H3,(H2,22,23,25,26)/t14-,15+,16+. The molecule has 2 aliphatic rings. The fraction of sp³-hybridized carbons (Fsp3) is 0.381. The van der Waals surface area contributed by atoms with Gasteiger partial charge in [-0.05, 0) is 36.8 Å². The first-order valence-electron chi connectivity index (χ1n) is 10.3. The van der Waals surface area contributed by atoms with Crippen LogP contribution < -0.4 is 5.32 Å². The van der Waals surface area contributed by atoms with Crippen LogP contribution in [0.1, 0.15) is 19.8 Å². The molecule has 9 heteroatoms. The zero-order valence-corrected chi connectivity index (χ0v) is 16.6. The van der Waals surface area contributed by atoms with E-state index in [0.29, 0.717) is 23.8 Å². The summed E-state index contributed by atoms with van der Waals surface area (Å²) in [4.78, 5) is 26.1. The Bertz CT molecular complexity index is 1250. The molecule has 0 radical (unpaired) electrons. The molecule has 0 aromatic carbocycles. The molecule has 0 bridgehead atoms. The lowest BCUT2D eigenvalue weighted by molar-refractivity contribution is -0.128. The van der Waals surface area contributed by atoms with Crippen molar-refractivity contribution in [1.82, 2.24) is 34.4 Å². The van der Waals surface area contributed by atoms with Crippen molar-refractivity contribution in [2.24, 2.45) is 11.8 Å². The molecular weight excluding hydrogens is 380 g/mol. The highest BCUT2D eigenvalue weighted by molar-refractivity contribution is 5.93. The molecule has 1 amide bonds. The van der Waals surface area contributed by atoms with Crippen LogP contribution in [0, 0.1) is 11.8 Å². The van der Waals surface area contributed by atoms with E-state index in [1.54, 1.807) is 13.3 Å². The van der Waals surface area contributed by atoms with Crippen LogP contribution in [-0.4, -0.2) is 59.5 Å². The van der Waals surface area contributed by atoms with Crippen LogP contribution in [0.2, 0.25) is 0 Å². The largest absolute Gasteiger partial charge is 0.351 e. The molecule has 0 unspecified atom stereocenters. The number of likely N-dealkylation sites (tertiary alicyclic amines) is 1. The average molecular weight is 402 g/mol. The van der Waals surface area contributed by atoms with Gasteiger partial charge in [-0.2, -0.15) is 4.98 Å². The Balaban J connectivity index is 1.21. The summed E-state index contributed by atoms with van der Waals surface area (Å²) in [6.07, 6.45) is 9.66. The minimum absolute atomic E-state index is 0.189. The average Bonchev–Trinajstić information content (AvgIpc) is 3.49. The molecule has 1 aliphatic heterocycles. The molecule has 1 aliphatic carbocycles. The number of hydrogen-bond acceptors (Lipinski definition) is 6. The third kappa shape index (κ3) is 2.80. The van der Waals surface area contributed by atoms with Gasteiger partial charge in [0.25, 0.3) is 0 Å². The molecule has 152 valence electrons. The van der Waals surface area contributed by atoms with Crippen molar-refractivity contribution in [3.8, 4) is 11.1 Å². The molecule has 3 atom stereocenters. The second kappa shape index (κ2) is 6.51. The minimum Gasteiger partial charge on any atom is -0.351 e. The Hall–Kier alpha value is -3.49. The molecule has 1 saturated heterocycles. The summed E-state index contributed by atoms with van der Waals surface area (Å²) in [6.45, 7) is 3.43. The molecule has 2 N–H and O–H groups in total. The number of rotatable bonds is 3. The molecule has 6 rings (SSSR count). The Morgan fingerprint density at radius 2 is 2.07 bits per heavy atom.